The number of anilines is 2. The number of rotatable bonds is 4. The molecule has 1 fully saturated rings. The van der Waals surface area contributed by atoms with Crippen LogP contribution in [-0.2, 0) is 11.3 Å². The van der Waals surface area contributed by atoms with Crippen molar-refractivity contribution in [3.8, 4) is 17.0 Å². The zero-order valence-electron chi connectivity index (χ0n) is 15.2. The summed E-state index contributed by atoms with van der Waals surface area (Å²) < 4.78 is 13.3. The molecule has 1 saturated heterocycles. The quantitative estimate of drug-likeness (QED) is 0.715. The van der Waals surface area contributed by atoms with Gasteiger partial charge in [0.2, 0.25) is 0 Å². The number of aromatic nitrogens is 4. The Morgan fingerprint density at radius 1 is 1.25 bits per heavy atom. The van der Waals surface area contributed by atoms with E-state index in [1.54, 1.807) is 13.1 Å². The Hall–Kier alpha value is -3.46. The summed E-state index contributed by atoms with van der Waals surface area (Å²) in [5, 5.41) is 18.3. The highest BCUT2D eigenvalue weighted by Crippen LogP contribution is 2.43. The highest BCUT2D eigenvalue weighted by atomic mass is 16.5. The lowest BCUT2D eigenvalue weighted by atomic mass is 10.0. The molecule has 0 aliphatic carbocycles. The van der Waals surface area contributed by atoms with Crippen LogP contribution in [0.1, 0.15) is 22.1 Å². The smallest absolute Gasteiger partial charge is 0.273 e. The van der Waals surface area contributed by atoms with Crippen LogP contribution in [0.3, 0.4) is 0 Å². The lowest BCUT2D eigenvalue weighted by molar-refractivity contribution is -0.0285. The first kappa shape index (κ1) is 16.7. The van der Waals surface area contributed by atoms with E-state index in [2.05, 4.69) is 20.8 Å². The van der Waals surface area contributed by atoms with Gasteiger partial charge < -0.3 is 20.1 Å². The third-order valence-electron chi connectivity index (χ3n) is 4.88. The third kappa shape index (κ3) is 2.67. The molecule has 1 amide bonds. The van der Waals surface area contributed by atoms with E-state index in [1.807, 2.05) is 29.1 Å². The molecule has 28 heavy (non-hydrogen) atoms. The second kappa shape index (κ2) is 6.61. The van der Waals surface area contributed by atoms with Crippen LogP contribution in [0.2, 0.25) is 0 Å². The molecule has 0 saturated carbocycles. The Bertz CT molecular complexity index is 1060. The lowest BCUT2D eigenvalue weighted by Crippen LogP contribution is -2.30. The van der Waals surface area contributed by atoms with Crippen molar-refractivity contribution in [2.24, 2.45) is 0 Å². The fourth-order valence-electron chi connectivity index (χ4n) is 3.32. The van der Waals surface area contributed by atoms with E-state index >= 15 is 0 Å². The van der Waals surface area contributed by atoms with Gasteiger partial charge in [-0.05, 0) is 18.2 Å². The number of carbonyl (C=O) groups is 1. The Labute approximate surface area is 160 Å². The van der Waals surface area contributed by atoms with Crippen LogP contribution >= 0.6 is 0 Å². The van der Waals surface area contributed by atoms with Crippen molar-refractivity contribution in [3.05, 3.63) is 47.9 Å². The number of carbonyl (C=O) groups excluding carboxylic acids is 1. The maximum atomic E-state index is 12.1. The van der Waals surface area contributed by atoms with Gasteiger partial charge in [-0.25, -0.2) is 0 Å². The second-order valence-corrected chi connectivity index (χ2v) is 6.64. The second-order valence-electron chi connectivity index (χ2n) is 6.64. The molecule has 4 heterocycles. The number of hydrogen-bond acceptors (Lipinski definition) is 7. The summed E-state index contributed by atoms with van der Waals surface area (Å²) in [5.41, 5.74) is 4.38. The monoisotopic (exact) mass is 378 g/mol. The van der Waals surface area contributed by atoms with Crippen molar-refractivity contribution in [1.29, 1.82) is 0 Å². The summed E-state index contributed by atoms with van der Waals surface area (Å²) in [7, 11) is 1.55. The van der Waals surface area contributed by atoms with E-state index in [1.165, 1.54) is 6.20 Å². The molecule has 0 radical (unpaired) electrons. The Morgan fingerprint density at radius 3 is 2.93 bits per heavy atom. The zero-order chi connectivity index (χ0) is 19.1. The minimum Gasteiger partial charge on any atom is -0.486 e. The number of amides is 1. The van der Waals surface area contributed by atoms with Gasteiger partial charge in [0, 0.05) is 24.4 Å². The number of nitrogens with one attached hydrogen (secondary N) is 2. The maximum Gasteiger partial charge on any atom is 0.273 e. The average Bonchev–Trinajstić information content (AvgIpc) is 3.10. The van der Waals surface area contributed by atoms with E-state index in [-0.39, 0.29) is 17.6 Å². The molecule has 0 unspecified atom stereocenters. The molecule has 2 aliphatic heterocycles. The zero-order valence-corrected chi connectivity index (χ0v) is 15.2. The fraction of sp³-hybridized carbons (Fsp3) is 0.263. The van der Waals surface area contributed by atoms with Gasteiger partial charge in [0.25, 0.3) is 5.91 Å². The molecule has 2 aromatic heterocycles. The SMILES string of the molecule is CNC(=O)c1nnccc1Nc1cccc2c1OCc1cn(C3COC3)nc1-2. The first-order chi connectivity index (χ1) is 13.7. The summed E-state index contributed by atoms with van der Waals surface area (Å²) in [6.07, 6.45) is 3.56. The van der Waals surface area contributed by atoms with Crippen LogP contribution in [0, 0.1) is 0 Å². The minimum absolute atomic E-state index is 0.216. The van der Waals surface area contributed by atoms with Gasteiger partial charge in [-0.1, -0.05) is 6.07 Å². The Kier molecular flexibility index (Phi) is 3.94. The van der Waals surface area contributed by atoms with Crippen LogP contribution in [0.5, 0.6) is 5.75 Å². The summed E-state index contributed by atoms with van der Waals surface area (Å²) in [6.45, 7) is 1.81. The molecule has 0 bridgehead atoms. The van der Waals surface area contributed by atoms with Crippen LogP contribution in [0.4, 0.5) is 11.4 Å². The number of para-hydroxylation sites is 1. The first-order valence-electron chi connectivity index (χ1n) is 8.97. The van der Waals surface area contributed by atoms with Crippen molar-refractivity contribution < 1.29 is 14.3 Å². The molecule has 0 atom stereocenters. The lowest BCUT2D eigenvalue weighted by Gasteiger charge is -2.25. The van der Waals surface area contributed by atoms with Gasteiger partial charge in [-0.2, -0.15) is 10.2 Å². The highest BCUT2D eigenvalue weighted by molar-refractivity contribution is 5.98. The van der Waals surface area contributed by atoms with Crippen molar-refractivity contribution in [1.82, 2.24) is 25.3 Å². The topological polar surface area (TPSA) is 103 Å². The van der Waals surface area contributed by atoms with Gasteiger partial charge in [-0.15, -0.1) is 5.10 Å². The average molecular weight is 378 g/mol. The van der Waals surface area contributed by atoms with Crippen LogP contribution in [-0.4, -0.2) is 46.1 Å². The molecular weight excluding hydrogens is 360 g/mol. The molecule has 2 N–H and O–H groups in total. The molecule has 9 nitrogen and oxygen atoms in total. The van der Waals surface area contributed by atoms with E-state index in [9.17, 15) is 4.79 Å². The van der Waals surface area contributed by atoms with E-state index < -0.39 is 0 Å². The minimum atomic E-state index is -0.315. The van der Waals surface area contributed by atoms with Crippen LogP contribution in [0.15, 0.2) is 36.7 Å². The molecule has 5 rings (SSSR count). The van der Waals surface area contributed by atoms with Crippen molar-refractivity contribution in [2.45, 2.75) is 12.6 Å². The first-order valence-corrected chi connectivity index (χ1v) is 8.97. The predicted octanol–water partition coefficient (Wildman–Crippen LogP) is 1.91. The summed E-state index contributed by atoms with van der Waals surface area (Å²) in [4.78, 5) is 12.1. The van der Waals surface area contributed by atoms with Gasteiger partial charge in [0.05, 0.1) is 36.8 Å². The number of benzene rings is 1. The largest absolute Gasteiger partial charge is 0.486 e. The molecule has 0 spiro atoms. The number of nitrogens with zero attached hydrogens (tertiary/aromatic N) is 4. The molecule has 2 aliphatic rings. The summed E-state index contributed by atoms with van der Waals surface area (Å²) in [6, 6.07) is 7.80. The standard InChI is InChI=1S/C19H18N6O3/c1-20-19(26)17-14(5-6-21-23-17)22-15-4-2-3-13-16-11(8-28-18(13)15)7-25(24-16)12-9-27-10-12/h2-7,12H,8-10H2,1H3,(H,20,26)(H,21,22). The molecule has 9 heteroatoms. The van der Waals surface area contributed by atoms with Crippen molar-refractivity contribution >= 4 is 17.3 Å². The normalized spacial score (nSPS) is 15.0. The third-order valence-corrected chi connectivity index (χ3v) is 4.88. The fourth-order valence-corrected chi connectivity index (χ4v) is 3.32. The van der Waals surface area contributed by atoms with E-state index in [0.717, 1.165) is 22.5 Å². The van der Waals surface area contributed by atoms with E-state index in [4.69, 9.17) is 14.6 Å². The molecule has 1 aromatic carbocycles. The Morgan fingerprint density at radius 2 is 2.14 bits per heavy atom. The molecular formula is C19H18N6O3. The molecule has 142 valence electrons. The van der Waals surface area contributed by atoms with Gasteiger partial charge in [0.15, 0.2) is 11.4 Å². The van der Waals surface area contributed by atoms with Crippen molar-refractivity contribution in [3.63, 3.8) is 0 Å². The molecule has 3 aromatic rings. The number of hydrogen-bond donors (Lipinski definition) is 2. The highest BCUT2D eigenvalue weighted by Gasteiger charge is 2.28. The van der Waals surface area contributed by atoms with Crippen molar-refractivity contribution in [2.75, 3.05) is 25.6 Å². The van der Waals surface area contributed by atoms with E-state index in [0.29, 0.717) is 31.3 Å². The van der Waals surface area contributed by atoms with Gasteiger partial charge in [0.1, 0.15) is 12.3 Å². The number of ether oxygens (including phenoxy) is 2. The van der Waals surface area contributed by atoms with Gasteiger partial charge in [-0.3, -0.25) is 9.48 Å². The summed E-state index contributed by atoms with van der Waals surface area (Å²) in [5.74, 6) is 0.384. The summed E-state index contributed by atoms with van der Waals surface area (Å²) >= 11 is 0. The van der Waals surface area contributed by atoms with Crippen LogP contribution < -0.4 is 15.4 Å². The maximum absolute atomic E-state index is 12.1. The number of fused-ring (bicyclic) bond motifs is 3. The Balaban J connectivity index is 1.52. The predicted molar refractivity (Wildman–Crippen MR) is 101 cm³/mol. The van der Waals surface area contributed by atoms with Crippen LogP contribution in [0.25, 0.3) is 11.3 Å². The van der Waals surface area contributed by atoms with Gasteiger partial charge >= 0.3 is 0 Å².